The monoisotopic (exact) mass is 1590 g/mol. The SMILES string of the molecule is CCNC(=O)N(CC)C(=O)Nc1ccc(-c2nc3c(c(N4CCOC[C@@H]4C)n2)CCOC3)cc1.CCNC(=O)Nc1ccc(-c2nc3c(c(N4CCOC[C@@H]4C)n2)CCOC3)cc1.COc1ccc(CN(C(=O)c2ccc([N+](=O)[O-])cc2)C2=CCCOC2)cc1.C[C@H]1COCCN1c1nc(-c2ccc([N+](=O)[O-])cc2)nc2c1CCOC2. The maximum atomic E-state index is 13.1. The topological polar surface area (TPSA) is 370 Å². The maximum absolute atomic E-state index is 13.1. The van der Waals surface area contributed by atoms with E-state index >= 15 is 0 Å². The molecule has 0 saturated carbocycles. The van der Waals surface area contributed by atoms with Crippen LogP contribution in [0.5, 0.6) is 5.75 Å². The van der Waals surface area contributed by atoms with Crippen molar-refractivity contribution in [2.75, 3.05) is 144 Å². The van der Waals surface area contributed by atoms with Gasteiger partial charge in [-0.25, -0.2) is 49.2 Å². The number of anilines is 5. The number of ether oxygens (including phenoxy) is 8. The van der Waals surface area contributed by atoms with Gasteiger partial charge in [0.25, 0.3) is 17.3 Å². The number of nitrogens with zero attached hydrogens (tertiary/aromatic N) is 13. The van der Waals surface area contributed by atoms with Gasteiger partial charge in [0.15, 0.2) is 17.5 Å². The number of nitro benzene ring substituents is 2. The second kappa shape index (κ2) is 40.5. The van der Waals surface area contributed by atoms with E-state index in [0.29, 0.717) is 141 Å². The molecular formula is C83H99N17O16. The Morgan fingerprint density at radius 3 is 1.29 bits per heavy atom. The predicted octanol–water partition coefficient (Wildman–Crippen LogP) is 11.5. The lowest BCUT2D eigenvalue weighted by Crippen LogP contribution is -2.45. The summed E-state index contributed by atoms with van der Waals surface area (Å²) in [5, 5.41) is 32.6. The molecule has 0 bridgehead atoms. The zero-order valence-electron chi connectivity index (χ0n) is 66.4. The molecule has 15 rings (SSSR count). The van der Waals surface area contributed by atoms with Crippen molar-refractivity contribution in [3.8, 4) is 39.9 Å². The number of carbonyl (C=O) groups is 4. The van der Waals surface area contributed by atoms with Crippen molar-refractivity contribution >= 4 is 64.2 Å². The summed E-state index contributed by atoms with van der Waals surface area (Å²) in [5.41, 5.74) is 12.2. The molecule has 612 valence electrons. The van der Waals surface area contributed by atoms with Crippen LogP contribution in [-0.4, -0.2) is 211 Å². The summed E-state index contributed by atoms with van der Waals surface area (Å²) in [6.07, 6.45) is 5.14. The number of imide groups is 1. The molecule has 10 heterocycles. The van der Waals surface area contributed by atoms with Gasteiger partial charge in [-0.2, -0.15) is 0 Å². The Labute approximate surface area is 672 Å². The third-order valence-electron chi connectivity index (χ3n) is 20.2. The van der Waals surface area contributed by atoms with E-state index in [2.05, 4.69) is 61.7 Å². The number of hydrogen-bond donors (Lipinski definition) is 4. The molecule has 8 aromatic rings. The molecule has 3 fully saturated rings. The summed E-state index contributed by atoms with van der Waals surface area (Å²) in [4.78, 5) is 109. The number of aromatic nitrogens is 6. The molecule has 3 aromatic heterocycles. The van der Waals surface area contributed by atoms with Gasteiger partial charge in [-0.15, -0.1) is 0 Å². The van der Waals surface area contributed by atoms with Crippen LogP contribution in [-0.2, 0) is 78.8 Å². The molecule has 116 heavy (non-hydrogen) atoms. The number of amides is 7. The molecule has 33 nitrogen and oxygen atoms in total. The van der Waals surface area contributed by atoms with Gasteiger partial charge in [0.2, 0.25) is 0 Å². The van der Waals surface area contributed by atoms with Crippen LogP contribution in [0.2, 0.25) is 0 Å². The molecule has 4 N–H and O–H groups in total. The lowest BCUT2D eigenvalue weighted by Gasteiger charge is -2.36. The second-order valence-corrected chi connectivity index (χ2v) is 28.2. The number of benzene rings is 5. The highest BCUT2D eigenvalue weighted by molar-refractivity contribution is 6.01. The van der Waals surface area contributed by atoms with Crippen LogP contribution in [0.25, 0.3) is 34.2 Å². The number of nitro groups is 2. The number of urea groups is 3. The van der Waals surface area contributed by atoms with E-state index < -0.39 is 21.9 Å². The molecule has 3 atom stereocenters. The minimum atomic E-state index is -0.485. The van der Waals surface area contributed by atoms with E-state index in [1.807, 2.05) is 80.6 Å². The fraction of sp³-hybridized carbons (Fsp3) is 0.422. The number of nitrogens with one attached hydrogen (secondary N) is 4. The van der Waals surface area contributed by atoms with Crippen molar-refractivity contribution in [2.45, 2.75) is 112 Å². The first-order valence-electron chi connectivity index (χ1n) is 39.2. The van der Waals surface area contributed by atoms with Crippen LogP contribution >= 0.6 is 0 Å². The number of morpholine rings is 3. The van der Waals surface area contributed by atoms with Gasteiger partial charge in [-0.1, -0.05) is 18.2 Å². The van der Waals surface area contributed by atoms with Crippen molar-refractivity contribution in [1.29, 1.82) is 0 Å². The maximum Gasteiger partial charge on any atom is 0.329 e. The smallest absolute Gasteiger partial charge is 0.329 e. The van der Waals surface area contributed by atoms with E-state index in [1.54, 1.807) is 43.2 Å². The molecule has 7 aliphatic rings. The standard InChI is InChI=1S/C24H32N6O4.C21H27N5O3.C20H20N2O5.C18H20N4O4/c1-4-25-23(31)29(5-2)24(32)26-18-8-6-17(7-9-18)21-27-20-15-33-12-10-19(20)22(28-21)30-11-13-34-14-16(30)3;1-3-22-21(27)23-16-6-4-15(5-7-16)19-24-18-13-28-10-8-17(18)20(25-19)26-9-11-29-12-14(26)2;1-26-19-10-4-15(5-11-19)13-21(18-3-2-12-27-14-18)20(23)16-6-8-17(9-7-16)22(24)25;1-12-10-26-9-7-21(12)18-15-6-8-25-11-16(15)19-17(20-18)13-2-4-14(5-3-13)22(23)24/h6-9,16H,4-5,10-15H2,1-3H3,(H,25,31)(H,26,32);4-7,14H,3,8-13H2,1-2H3,(H2,22,23,27);3-11H,2,12-14H2,1H3;2-5,12H,6-11H2,1H3/t16-;14-;;12-/m00.0/s1. The first kappa shape index (κ1) is 83.7. The molecule has 0 unspecified atom stereocenters. The van der Waals surface area contributed by atoms with E-state index in [4.69, 9.17) is 62.8 Å². The minimum Gasteiger partial charge on any atom is -0.497 e. The highest BCUT2D eigenvalue weighted by Crippen LogP contribution is 2.36. The second-order valence-electron chi connectivity index (χ2n) is 28.2. The number of carbonyl (C=O) groups excluding carboxylic acids is 4. The van der Waals surface area contributed by atoms with Gasteiger partial charge in [0, 0.05) is 139 Å². The van der Waals surface area contributed by atoms with Gasteiger partial charge < -0.3 is 78.8 Å². The number of hydrogen-bond acceptors (Lipinski definition) is 25. The highest BCUT2D eigenvalue weighted by Gasteiger charge is 2.33. The zero-order chi connectivity index (χ0) is 81.6. The highest BCUT2D eigenvalue weighted by atomic mass is 16.6. The van der Waals surface area contributed by atoms with Crippen molar-refractivity contribution in [2.24, 2.45) is 0 Å². The number of rotatable bonds is 18. The summed E-state index contributed by atoms with van der Waals surface area (Å²) in [5.74, 6) is 5.26. The molecule has 7 aliphatic heterocycles. The van der Waals surface area contributed by atoms with Crippen LogP contribution in [0.3, 0.4) is 0 Å². The van der Waals surface area contributed by atoms with Gasteiger partial charge in [0.05, 0.1) is 151 Å². The number of fused-ring (bicyclic) bond motifs is 3. The molecule has 0 aliphatic carbocycles. The van der Waals surface area contributed by atoms with E-state index in [1.165, 1.54) is 42.0 Å². The largest absolute Gasteiger partial charge is 0.497 e. The van der Waals surface area contributed by atoms with Gasteiger partial charge in [0.1, 0.15) is 23.2 Å². The van der Waals surface area contributed by atoms with E-state index in [-0.39, 0.29) is 48.0 Å². The van der Waals surface area contributed by atoms with Gasteiger partial charge in [-0.05, 0) is 138 Å². The summed E-state index contributed by atoms with van der Waals surface area (Å²) < 4.78 is 44.4. The molecule has 0 spiro atoms. The molecule has 3 saturated heterocycles. The molecular weight excluding hydrogens is 1490 g/mol. The lowest BCUT2D eigenvalue weighted by molar-refractivity contribution is -0.385. The van der Waals surface area contributed by atoms with Gasteiger partial charge >= 0.3 is 18.1 Å². The number of methoxy groups -OCH3 is 1. The summed E-state index contributed by atoms with van der Waals surface area (Å²) in [7, 11) is 1.60. The van der Waals surface area contributed by atoms with Crippen LogP contribution in [0, 0.1) is 20.2 Å². The predicted molar refractivity (Wildman–Crippen MR) is 435 cm³/mol. The van der Waals surface area contributed by atoms with Crippen LogP contribution in [0.4, 0.5) is 54.6 Å². The van der Waals surface area contributed by atoms with Crippen molar-refractivity contribution in [1.82, 2.24) is 50.3 Å². The lowest BCUT2D eigenvalue weighted by atomic mass is 10.1. The summed E-state index contributed by atoms with van der Waals surface area (Å²) in [6, 6.07) is 34.0. The molecule has 7 amide bonds. The van der Waals surface area contributed by atoms with Crippen LogP contribution in [0.15, 0.2) is 133 Å². The number of non-ortho nitro benzene ring substituents is 2. The Balaban J connectivity index is 0.000000143. The summed E-state index contributed by atoms with van der Waals surface area (Å²) in [6.45, 7) is 24.5. The first-order chi connectivity index (χ1) is 56.4. The third kappa shape index (κ3) is 21.2. The Bertz CT molecular complexity index is 4760. The summed E-state index contributed by atoms with van der Waals surface area (Å²) >= 11 is 0. The normalized spacial score (nSPS) is 17.5. The first-order valence-corrected chi connectivity index (χ1v) is 39.2. The van der Waals surface area contributed by atoms with Crippen molar-refractivity contribution in [3.05, 3.63) is 198 Å². The zero-order valence-corrected chi connectivity index (χ0v) is 66.4. The van der Waals surface area contributed by atoms with Crippen LogP contribution < -0.4 is 40.7 Å². The molecule has 33 heteroatoms. The van der Waals surface area contributed by atoms with E-state index in [9.17, 15) is 39.4 Å². The fourth-order valence-electron chi connectivity index (χ4n) is 14.1. The Morgan fingerprint density at radius 2 is 0.905 bits per heavy atom. The molecule has 0 radical (unpaired) electrons. The average Bonchev–Trinajstić information content (AvgIpc) is 0.789. The Hall–Kier alpha value is -11.7. The fourth-order valence-corrected chi connectivity index (χ4v) is 14.1. The average molecular weight is 1590 g/mol. The van der Waals surface area contributed by atoms with Crippen LogP contribution in [0.1, 0.15) is 97.7 Å². The Kier molecular flexibility index (Phi) is 29.2. The Morgan fingerprint density at radius 1 is 0.491 bits per heavy atom. The van der Waals surface area contributed by atoms with Crippen molar-refractivity contribution < 1.29 is 66.9 Å². The third-order valence-corrected chi connectivity index (χ3v) is 20.2. The molecule has 5 aromatic carbocycles. The van der Waals surface area contributed by atoms with E-state index in [0.717, 1.165) is 135 Å². The quantitative estimate of drug-likeness (QED) is 0.0458. The van der Waals surface area contributed by atoms with Crippen molar-refractivity contribution in [3.63, 3.8) is 0 Å². The minimum absolute atomic E-state index is 0.0477. The van der Waals surface area contributed by atoms with Gasteiger partial charge in [-0.3, -0.25) is 25.0 Å².